The Kier molecular flexibility index (Phi) is 5.79. The fraction of sp³-hybridized carbons (Fsp3) is 0.467. The highest BCUT2D eigenvalue weighted by molar-refractivity contribution is 7.71. The second-order valence-corrected chi connectivity index (χ2v) is 6.72. The van der Waals surface area contributed by atoms with Crippen molar-refractivity contribution in [2.75, 3.05) is 38.0 Å². The number of piperazine rings is 1. The second kappa shape index (κ2) is 8.05. The van der Waals surface area contributed by atoms with E-state index in [1.54, 1.807) is 28.5 Å². The van der Waals surface area contributed by atoms with E-state index in [1.807, 2.05) is 12.1 Å². The van der Waals surface area contributed by atoms with Crippen LogP contribution in [0, 0.1) is 4.77 Å². The van der Waals surface area contributed by atoms with Gasteiger partial charge in [0.25, 0.3) is 0 Å². The summed E-state index contributed by atoms with van der Waals surface area (Å²) in [6.45, 7) is 4.28. The minimum Gasteiger partial charge on any atom is -0.324 e. The highest BCUT2D eigenvalue weighted by atomic mass is 35.5. The molecule has 1 fully saturated rings. The zero-order chi connectivity index (χ0) is 17.8. The normalized spacial score (nSPS) is 16.1. The van der Waals surface area contributed by atoms with Gasteiger partial charge < -0.3 is 5.32 Å². The maximum atomic E-state index is 12.2. The molecule has 8 nitrogen and oxygen atoms in total. The zero-order valence-corrected chi connectivity index (χ0v) is 15.5. The van der Waals surface area contributed by atoms with Crippen LogP contribution in [0.25, 0.3) is 0 Å². The topological polar surface area (TPSA) is 71.2 Å². The molecular weight excluding hydrogens is 362 g/mol. The van der Waals surface area contributed by atoms with Gasteiger partial charge in [0.2, 0.25) is 10.7 Å². The van der Waals surface area contributed by atoms with Crippen LogP contribution >= 0.6 is 23.8 Å². The maximum absolute atomic E-state index is 12.2. The molecule has 1 aliphatic heterocycles. The van der Waals surface area contributed by atoms with E-state index in [4.69, 9.17) is 23.8 Å². The van der Waals surface area contributed by atoms with Crippen LogP contribution in [0.4, 0.5) is 5.69 Å². The number of nitrogens with one attached hydrogen (secondary N) is 1. The van der Waals surface area contributed by atoms with Crippen molar-refractivity contribution in [3.8, 4) is 0 Å². The number of carbonyl (C=O) groups excluding carboxylic acids is 1. The van der Waals surface area contributed by atoms with Crippen LogP contribution in [0.5, 0.6) is 0 Å². The molecule has 134 valence electrons. The second-order valence-electron chi connectivity index (χ2n) is 5.95. The molecule has 0 aliphatic carbocycles. The Morgan fingerprint density at radius 1 is 1.20 bits per heavy atom. The summed E-state index contributed by atoms with van der Waals surface area (Å²) in [6, 6.07) is 7.23. The molecule has 2 aromatic rings. The number of hydrogen-bond acceptors (Lipinski definition) is 6. The highest BCUT2D eigenvalue weighted by Gasteiger charge is 2.20. The van der Waals surface area contributed by atoms with Gasteiger partial charge in [-0.15, -0.1) is 0 Å². The van der Waals surface area contributed by atoms with Crippen molar-refractivity contribution < 1.29 is 4.79 Å². The summed E-state index contributed by atoms with van der Waals surface area (Å²) < 4.78 is 3.88. The van der Waals surface area contributed by atoms with E-state index in [0.29, 0.717) is 28.7 Å². The first-order chi connectivity index (χ1) is 12.0. The number of anilines is 1. The molecule has 2 heterocycles. The number of amides is 1. The molecule has 0 atom stereocenters. The lowest BCUT2D eigenvalue weighted by Gasteiger charge is -2.33. The van der Waals surface area contributed by atoms with Crippen molar-refractivity contribution in [3.63, 3.8) is 0 Å². The third kappa shape index (κ3) is 4.63. The number of benzene rings is 1. The van der Waals surface area contributed by atoms with Crippen LogP contribution in [0.1, 0.15) is 0 Å². The van der Waals surface area contributed by atoms with Gasteiger partial charge >= 0.3 is 0 Å². The summed E-state index contributed by atoms with van der Waals surface area (Å²) >= 11 is 11.3. The molecule has 0 spiro atoms. The van der Waals surface area contributed by atoms with E-state index >= 15 is 0 Å². The van der Waals surface area contributed by atoms with Crippen LogP contribution in [0.15, 0.2) is 24.3 Å². The predicted molar refractivity (Wildman–Crippen MR) is 97.9 cm³/mol. The first-order valence-electron chi connectivity index (χ1n) is 7.99. The molecule has 1 saturated heterocycles. The fourth-order valence-corrected chi connectivity index (χ4v) is 2.99. The third-order valence-electron chi connectivity index (χ3n) is 4.09. The van der Waals surface area contributed by atoms with Crippen LogP contribution in [-0.4, -0.2) is 68.2 Å². The summed E-state index contributed by atoms with van der Waals surface area (Å²) in [5.41, 5.74) is 0.643. The van der Waals surface area contributed by atoms with Crippen molar-refractivity contribution in [1.29, 1.82) is 0 Å². The lowest BCUT2D eigenvalue weighted by Crippen LogP contribution is -2.49. The van der Waals surface area contributed by atoms with Crippen LogP contribution in [0.2, 0.25) is 5.02 Å². The Balaban J connectivity index is 1.46. The molecule has 0 bridgehead atoms. The summed E-state index contributed by atoms with van der Waals surface area (Å²) in [7, 11) is 1.78. The zero-order valence-electron chi connectivity index (χ0n) is 13.9. The first kappa shape index (κ1) is 18.0. The lowest BCUT2D eigenvalue weighted by molar-refractivity contribution is -0.117. The molecular formula is C15H20ClN7OS. The van der Waals surface area contributed by atoms with Gasteiger partial charge in [0.1, 0.15) is 0 Å². The largest absolute Gasteiger partial charge is 0.324 e. The van der Waals surface area contributed by atoms with E-state index in [0.717, 1.165) is 26.2 Å². The molecule has 10 heteroatoms. The van der Waals surface area contributed by atoms with Gasteiger partial charge in [-0.05, 0) is 34.8 Å². The smallest absolute Gasteiger partial charge is 0.238 e. The minimum atomic E-state index is -0.0577. The van der Waals surface area contributed by atoms with Gasteiger partial charge in [0.05, 0.1) is 23.9 Å². The maximum Gasteiger partial charge on any atom is 0.238 e. The monoisotopic (exact) mass is 381 g/mol. The average molecular weight is 382 g/mol. The highest BCUT2D eigenvalue weighted by Crippen LogP contribution is 2.20. The van der Waals surface area contributed by atoms with E-state index in [-0.39, 0.29) is 5.91 Å². The van der Waals surface area contributed by atoms with Gasteiger partial charge in [-0.2, -0.15) is 0 Å². The van der Waals surface area contributed by atoms with E-state index in [2.05, 4.69) is 25.5 Å². The van der Waals surface area contributed by atoms with Gasteiger partial charge in [-0.3, -0.25) is 14.6 Å². The van der Waals surface area contributed by atoms with Crippen molar-refractivity contribution in [1.82, 2.24) is 29.6 Å². The molecule has 1 amide bonds. The van der Waals surface area contributed by atoms with Gasteiger partial charge in [-0.25, -0.2) is 9.36 Å². The molecule has 1 N–H and O–H groups in total. The van der Waals surface area contributed by atoms with Gasteiger partial charge in [0, 0.05) is 33.2 Å². The van der Waals surface area contributed by atoms with E-state index < -0.39 is 0 Å². The van der Waals surface area contributed by atoms with Crippen molar-refractivity contribution in [3.05, 3.63) is 34.1 Å². The van der Waals surface area contributed by atoms with Crippen LogP contribution in [0.3, 0.4) is 0 Å². The number of hydrogen-bond donors (Lipinski definition) is 1. The third-order valence-corrected chi connectivity index (χ3v) is 4.90. The quantitative estimate of drug-likeness (QED) is 0.785. The molecule has 1 aromatic carbocycles. The number of halogens is 1. The minimum absolute atomic E-state index is 0.0577. The Hall–Kier alpha value is -1.81. The predicted octanol–water partition coefficient (Wildman–Crippen LogP) is 1.21. The Bertz CT molecular complexity index is 797. The lowest BCUT2D eigenvalue weighted by atomic mass is 10.3. The fourth-order valence-electron chi connectivity index (χ4n) is 2.67. The van der Waals surface area contributed by atoms with Crippen molar-refractivity contribution in [2.24, 2.45) is 7.05 Å². The van der Waals surface area contributed by atoms with Crippen molar-refractivity contribution in [2.45, 2.75) is 6.67 Å². The number of carbonyl (C=O) groups is 1. The average Bonchev–Trinajstić information content (AvgIpc) is 2.91. The standard InChI is InChI=1S/C15H20ClN7OS/c1-20-15(25)23(19-18-20)11-22-8-6-21(7-9-22)10-14(24)17-13-5-3-2-4-12(13)16/h2-5H,6-11H2,1H3,(H,17,24). The summed E-state index contributed by atoms with van der Waals surface area (Å²) in [4.78, 5) is 16.6. The molecule has 1 aliphatic rings. The number of aromatic nitrogens is 4. The Morgan fingerprint density at radius 2 is 1.88 bits per heavy atom. The molecule has 1 aromatic heterocycles. The van der Waals surface area contributed by atoms with Gasteiger partial charge in [-0.1, -0.05) is 23.7 Å². The number of aryl methyl sites for hydroxylation is 1. The van der Waals surface area contributed by atoms with Crippen molar-refractivity contribution >= 4 is 35.4 Å². The molecule has 0 radical (unpaired) electrons. The van der Waals surface area contributed by atoms with Crippen LogP contribution in [-0.2, 0) is 18.5 Å². The first-order valence-corrected chi connectivity index (χ1v) is 8.77. The molecule has 0 unspecified atom stereocenters. The Labute approximate surface area is 155 Å². The van der Waals surface area contributed by atoms with E-state index in [9.17, 15) is 4.79 Å². The number of para-hydroxylation sites is 1. The molecule has 3 rings (SSSR count). The molecule has 25 heavy (non-hydrogen) atoms. The summed E-state index contributed by atoms with van der Waals surface area (Å²) in [5, 5.41) is 11.3. The SMILES string of the molecule is Cn1nnn(CN2CCN(CC(=O)Nc3ccccc3Cl)CC2)c1=S. The Morgan fingerprint density at radius 3 is 2.52 bits per heavy atom. The number of rotatable bonds is 5. The van der Waals surface area contributed by atoms with E-state index in [1.165, 1.54) is 0 Å². The summed E-state index contributed by atoms with van der Waals surface area (Å²) in [5.74, 6) is -0.0577. The molecule has 0 saturated carbocycles. The van der Waals surface area contributed by atoms with Gasteiger partial charge in [0.15, 0.2) is 0 Å². The summed E-state index contributed by atoms with van der Waals surface area (Å²) in [6.07, 6.45) is 0. The number of tetrazole rings is 1. The number of nitrogens with zero attached hydrogens (tertiary/aromatic N) is 6. The van der Waals surface area contributed by atoms with Crippen LogP contribution < -0.4 is 5.32 Å².